The monoisotopic (exact) mass is 472 g/mol. The Hall–Kier alpha value is -2.06. The first-order valence-electron chi connectivity index (χ1n) is 8.02. The first-order chi connectivity index (χ1) is 13.2. The average Bonchev–Trinajstić information content (AvgIpc) is 3.02. The highest BCUT2D eigenvalue weighted by molar-refractivity contribution is 9.10. The van der Waals surface area contributed by atoms with Crippen LogP contribution in [0.15, 0.2) is 79.3 Å². The van der Waals surface area contributed by atoms with Crippen molar-refractivity contribution >= 4 is 49.4 Å². The maximum Gasteiger partial charge on any atom is 0.461 e. The van der Waals surface area contributed by atoms with Crippen LogP contribution in [0.3, 0.4) is 0 Å². The number of benzene rings is 3. The fourth-order valence-corrected chi connectivity index (χ4v) is 4.47. The summed E-state index contributed by atoms with van der Waals surface area (Å²) in [5.41, 5.74) is 0.00609. The molecule has 0 aliphatic heterocycles. The Bertz CT molecular complexity index is 1180. The summed E-state index contributed by atoms with van der Waals surface area (Å²) in [5.74, 6) is -6.52. The minimum absolute atomic E-state index is 0.00609. The topological polar surface area (TPSA) is 13.1 Å². The van der Waals surface area contributed by atoms with E-state index in [1.54, 1.807) is 54.6 Å². The van der Waals surface area contributed by atoms with Crippen molar-refractivity contribution in [2.24, 2.45) is 0 Å². The third-order valence-corrected chi connectivity index (χ3v) is 6.36. The van der Waals surface area contributed by atoms with Crippen LogP contribution in [-0.2, 0) is 5.92 Å². The zero-order valence-electron chi connectivity index (χ0n) is 13.9. The number of rotatable bonds is 3. The third kappa shape index (κ3) is 3.08. The largest absolute Gasteiger partial charge is 0.461 e. The van der Waals surface area contributed by atoms with Crippen molar-refractivity contribution in [3.63, 3.8) is 0 Å². The van der Waals surface area contributed by atoms with Gasteiger partial charge in [0.15, 0.2) is 5.76 Å². The molecule has 8 heteroatoms. The van der Waals surface area contributed by atoms with Crippen LogP contribution in [0.2, 0.25) is 0 Å². The van der Waals surface area contributed by atoms with Gasteiger partial charge in [0.2, 0.25) is 0 Å². The lowest BCUT2D eigenvalue weighted by Crippen LogP contribution is -2.33. The molecular weight excluding hydrogens is 463 g/mol. The summed E-state index contributed by atoms with van der Waals surface area (Å²) in [6, 6.07) is 16.7. The SMILES string of the molecule is FC(F)(F)C(F)(F)c1oc2c(ccc3ccccc32)c1Sc1ccccc1Br. The van der Waals surface area contributed by atoms with Gasteiger partial charge in [-0.3, -0.25) is 0 Å². The molecule has 1 aromatic heterocycles. The van der Waals surface area contributed by atoms with Gasteiger partial charge < -0.3 is 4.42 Å². The lowest BCUT2D eigenvalue weighted by atomic mass is 10.1. The van der Waals surface area contributed by atoms with Gasteiger partial charge in [-0.25, -0.2) is 0 Å². The van der Waals surface area contributed by atoms with Crippen molar-refractivity contribution in [1.82, 2.24) is 0 Å². The summed E-state index contributed by atoms with van der Waals surface area (Å²) >= 11 is 4.11. The van der Waals surface area contributed by atoms with Gasteiger partial charge in [-0.15, -0.1) is 0 Å². The van der Waals surface area contributed by atoms with Crippen LogP contribution >= 0.6 is 27.7 Å². The molecule has 4 aromatic rings. The predicted molar refractivity (Wildman–Crippen MR) is 102 cm³/mol. The quantitative estimate of drug-likeness (QED) is 0.279. The highest BCUT2D eigenvalue weighted by Crippen LogP contribution is 2.52. The van der Waals surface area contributed by atoms with E-state index < -0.39 is 17.9 Å². The molecule has 1 heterocycles. The second kappa shape index (κ2) is 6.77. The Morgan fingerprint density at radius 3 is 2.18 bits per heavy atom. The predicted octanol–water partition coefficient (Wildman–Crippen LogP) is 8.15. The molecule has 0 bridgehead atoms. The first-order valence-corrected chi connectivity index (χ1v) is 9.63. The molecule has 4 rings (SSSR count). The van der Waals surface area contributed by atoms with Crippen LogP contribution in [0.4, 0.5) is 22.0 Å². The van der Waals surface area contributed by atoms with Crippen LogP contribution in [0, 0.1) is 0 Å². The Balaban J connectivity index is 2.03. The van der Waals surface area contributed by atoms with E-state index in [2.05, 4.69) is 15.9 Å². The summed E-state index contributed by atoms with van der Waals surface area (Å²) in [6.45, 7) is 0. The van der Waals surface area contributed by atoms with E-state index in [9.17, 15) is 22.0 Å². The van der Waals surface area contributed by atoms with Crippen LogP contribution in [0.5, 0.6) is 0 Å². The number of hydrogen-bond donors (Lipinski definition) is 0. The van der Waals surface area contributed by atoms with E-state index in [0.717, 1.165) is 11.8 Å². The second-order valence-corrected chi connectivity index (χ2v) is 7.93. The second-order valence-electron chi connectivity index (χ2n) is 6.03. The Morgan fingerprint density at radius 1 is 0.786 bits per heavy atom. The number of alkyl halides is 5. The number of fused-ring (bicyclic) bond motifs is 3. The minimum atomic E-state index is -5.78. The fourth-order valence-electron chi connectivity index (χ4n) is 2.88. The van der Waals surface area contributed by atoms with Gasteiger partial charge in [-0.1, -0.05) is 54.2 Å². The molecule has 0 amide bonds. The fraction of sp³-hybridized carbons (Fsp3) is 0.100. The Kier molecular flexibility index (Phi) is 4.66. The van der Waals surface area contributed by atoms with Crippen molar-refractivity contribution < 1.29 is 26.4 Å². The van der Waals surface area contributed by atoms with Crippen molar-refractivity contribution in [3.05, 3.63) is 70.9 Å². The lowest BCUT2D eigenvalue weighted by molar-refractivity contribution is -0.296. The Labute approximate surface area is 168 Å². The zero-order chi connectivity index (χ0) is 20.1. The van der Waals surface area contributed by atoms with Crippen LogP contribution < -0.4 is 0 Å². The molecule has 3 aromatic carbocycles. The number of furan rings is 1. The molecule has 0 spiro atoms. The molecule has 0 fully saturated rings. The highest BCUT2D eigenvalue weighted by Gasteiger charge is 2.62. The molecule has 0 unspecified atom stereocenters. The van der Waals surface area contributed by atoms with Gasteiger partial charge >= 0.3 is 12.1 Å². The van der Waals surface area contributed by atoms with E-state index in [4.69, 9.17) is 4.42 Å². The number of halogens is 6. The van der Waals surface area contributed by atoms with Crippen LogP contribution in [0.1, 0.15) is 5.76 Å². The van der Waals surface area contributed by atoms with Crippen molar-refractivity contribution in [1.29, 1.82) is 0 Å². The molecule has 0 saturated carbocycles. The maximum atomic E-state index is 14.3. The van der Waals surface area contributed by atoms with Crippen molar-refractivity contribution in [3.8, 4) is 0 Å². The third-order valence-electron chi connectivity index (χ3n) is 4.22. The van der Waals surface area contributed by atoms with Crippen molar-refractivity contribution in [2.45, 2.75) is 21.9 Å². The summed E-state index contributed by atoms with van der Waals surface area (Å²) < 4.78 is 73.8. The first kappa shape index (κ1) is 19.3. The van der Waals surface area contributed by atoms with E-state index in [0.29, 0.717) is 20.1 Å². The van der Waals surface area contributed by atoms with E-state index in [1.807, 2.05) is 0 Å². The van der Waals surface area contributed by atoms with Gasteiger partial charge in [-0.05, 0) is 39.5 Å². The molecule has 0 radical (unpaired) electrons. The number of hydrogen-bond acceptors (Lipinski definition) is 2. The van der Waals surface area contributed by atoms with E-state index in [1.165, 1.54) is 6.07 Å². The molecular formula is C20H10BrF5OS. The summed E-state index contributed by atoms with van der Waals surface area (Å²) in [5, 5.41) is 1.36. The van der Waals surface area contributed by atoms with Gasteiger partial charge in [0, 0.05) is 20.1 Å². The molecule has 28 heavy (non-hydrogen) atoms. The van der Waals surface area contributed by atoms with Gasteiger partial charge in [0.25, 0.3) is 0 Å². The van der Waals surface area contributed by atoms with Crippen LogP contribution in [-0.4, -0.2) is 6.18 Å². The lowest BCUT2D eigenvalue weighted by Gasteiger charge is -2.18. The highest BCUT2D eigenvalue weighted by atomic mass is 79.9. The van der Waals surface area contributed by atoms with E-state index in [-0.39, 0.29) is 15.9 Å². The molecule has 1 nitrogen and oxygen atoms in total. The molecule has 0 atom stereocenters. The van der Waals surface area contributed by atoms with Crippen molar-refractivity contribution in [2.75, 3.05) is 0 Å². The molecule has 0 N–H and O–H groups in total. The molecule has 144 valence electrons. The average molecular weight is 473 g/mol. The summed E-state index contributed by atoms with van der Waals surface area (Å²) in [6.07, 6.45) is -5.78. The molecule has 0 aliphatic carbocycles. The smallest absolute Gasteiger partial charge is 0.452 e. The van der Waals surface area contributed by atoms with Crippen LogP contribution in [0.25, 0.3) is 21.7 Å². The van der Waals surface area contributed by atoms with Gasteiger partial charge in [0.05, 0.1) is 4.90 Å². The maximum absolute atomic E-state index is 14.3. The van der Waals surface area contributed by atoms with E-state index >= 15 is 0 Å². The molecule has 0 aliphatic rings. The standard InChI is InChI=1S/C20H10BrF5OS/c21-14-7-3-4-8-15(14)28-17-13-10-9-11-5-1-2-6-12(11)16(13)27-18(17)19(22,23)20(24,25)26/h1-10H. The summed E-state index contributed by atoms with van der Waals surface area (Å²) in [4.78, 5) is 0.243. The summed E-state index contributed by atoms with van der Waals surface area (Å²) in [7, 11) is 0. The van der Waals surface area contributed by atoms with Gasteiger partial charge in [0.1, 0.15) is 5.58 Å². The van der Waals surface area contributed by atoms with Gasteiger partial charge in [-0.2, -0.15) is 22.0 Å². The zero-order valence-corrected chi connectivity index (χ0v) is 16.3. The molecule has 0 saturated heterocycles. The normalized spacial score (nSPS) is 12.8. The minimum Gasteiger partial charge on any atom is -0.452 e. The Morgan fingerprint density at radius 2 is 1.46 bits per heavy atom.